The van der Waals surface area contributed by atoms with Crippen molar-refractivity contribution in [1.29, 1.82) is 0 Å². The second-order valence-corrected chi connectivity index (χ2v) is 5.23. The summed E-state index contributed by atoms with van der Waals surface area (Å²) in [7, 11) is 1.67. The molecule has 1 N–H and O–H groups in total. The van der Waals surface area contributed by atoms with Crippen molar-refractivity contribution in [2.75, 3.05) is 46.3 Å². The maximum absolute atomic E-state index is 12.2. The van der Waals surface area contributed by atoms with E-state index in [1.807, 2.05) is 0 Å². The first-order valence-electron chi connectivity index (χ1n) is 6.91. The molecule has 1 atom stereocenters. The first kappa shape index (κ1) is 15.8. The zero-order valence-corrected chi connectivity index (χ0v) is 12.1. The molecule has 2 amide bonds. The fraction of sp³-hybridized carbons (Fsp3) is 0.846. The van der Waals surface area contributed by atoms with Crippen LogP contribution in [0.3, 0.4) is 0 Å². The number of piperazine rings is 1. The molecule has 0 spiro atoms. The molecule has 6 nitrogen and oxygen atoms in total. The minimum atomic E-state index is -0.868. The van der Waals surface area contributed by atoms with Crippen LogP contribution in [0.15, 0.2) is 0 Å². The van der Waals surface area contributed by atoms with Crippen molar-refractivity contribution in [3.8, 4) is 0 Å². The number of carbonyl (C=O) groups excluding carboxylic acids is 1. The van der Waals surface area contributed by atoms with Gasteiger partial charge < -0.3 is 14.9 Å². The Kier molecular flexibility index (Phi) is 6.08. The quantitative estimate of drug-likeness (QED) is 0.803. The summed E-state index contributed by atoms with van der Waals surface area (Å²) in [6, 6.07) is -0.0655. The van der Waals surface area contributed by atoms with Gasteiger partial charge in [-0.2, -0.15) is 0 Å². The third-order valence-electron chi connectivity index (χ3n) is 3.48. The van der Waals surface area contributed by atoms with Gasteiger partial charge in [0, 0.05) is 39.8 Å². The van der Waals surface area contributed by atoms with Crippen LogP contribution in [0.4, 0.5) is 4.79 Å². The summed E-state index contributed by atoms with van der Waals surface area (Å²) < 4.78 is 0. The summed E-state index contributed by atoms with van der Waals surface area (Å²) in [6.45, 7) is 8.36. The maximum atomic E-state index is 12.2. The molecule has 0 radical (unpaired) electrons. The SMILES string of the molecule is CCCN1CCN(C(=O)N(C)CC(C)C(=O)O)CC1. The van der Waals surface area contributed by atoms with Gasteiger partial charge in [-0.3, -0.25) is 9.69 Å². The highest BCUT2D eigenvalue weighted by Crippen LogP contribution is 2.07. The lowest BCUT2D eigenvalue weighted by Gasteiger charge is -2.36. The number of carboxylic acids is 1. The van der Waals surface area contributed by atoms with E-state index in [1.54, 1.807) is 18.9 Å². The van der Waals surface area contributed by atoms with E-state index in [0.29, 0.717) is 0 Å². The Labute approximate surface area is 115 Å². The van der Waals surface area contributed by atoms with Crippen LogP contribution < -0.4 is 0 Å². The average Bonchev–Trinajstić information content (AvgIpc) is 2.39. The Balaban J connectivity index is 2.40. The first-order chi connectivity index (χ1) is 8.95. The van der Waals surface area contributed by atoms with Gasteiger partial charge >= 0.3 is 12.0 Å². The summed E-state index contributed by atoms with van der Waals surface area (Å²) in [5.41, 5.74) is 0. The lowest BCUT2D eigenvalue weighted by Crippen LogP contribution is -2.52. The fourth-order valence-corrected chi connectivity index (χ4v) is 2.29. The summed E-state index contributed by atoms with van der Waals surface area (Å²) in [5.74, 6) is -1.40. The van der Waals surface area contributed by atoms with Crippen molar-refractivity contribution in [2.24, 2.45) is 5.92 Å². The number of nitrogens with zero attached hydrogens (tertiary/aromatic N) is 3. The highest BCUT2D eigenvalue weighted by Gasteiger charge is 2.25. The van der Waals surface area contributed by atoms with Crippen molar-refractivity contribution >= 4 is 12.0 Å². The first-order valence-corrected chi connectivity index (χ1v) is 6.91. The molecule has 0 aliphatic carbocycles. The molecular formula is C13H25N3O3. The van der Waals surface area contributed by atoms with Gasteiger partial charge in [-0.25, -0.2) is 4.79 Å². The molecule has 0 aromatic carbocycles. The van der Waals surface area contributed by atoms with Crippen molar-refractivity contribution in [3.05, 3.63) is 0 Å². The number of urea groups is 1. The van der Waals surface area contributed by atoms with Crippen LogP contribution in [-0.2, 0) is 4.79 Å². The number of carboxylic acid groups (broad SMARTS) is 1. The summed E-state index contributed by atoms with van der Waals surface area (Å²) in [4.78, 5) is 28.6. The van der Waals surface area contributed by atoms with E-state index in [9.17, 15) is 9.59 Å². The van der Waals surface area contributed by atoms with Crippen LogP contribution in [0, 0.1) is 5.92 Å². The van der Waals surface area contributed by atoms with Gasteiger partial charge in [0.05, 0.1) is 5.92 Å². The van der Waals surface area contributed by atoms with Gasteiger partial charge in [0.1, 0.15) is 0 Å². The Morgan fingerprint density at radius 3 is 2.32 bits per heavy atom. The van der Waals surface area contributed by atoms with Crippen LogP contribution in [-0.4, -0.2) is 78.1 Å². The summed E-state index contributed by atoms with van der Waals surface area (Å²) in [6.07, 6.45) is 1.13. The molecule has 1 saturated heterocycles. The largest absolute Gasteiger partial charge is 0.481 e. The molecule has 0 saturated carbocycles. The lowest BCUT2D eigenvalue weighted by molar-refractivity contribution is -0.141. The minimum absolute atomic E-state index is 0.0655. The molecule has 6 heteroatoms. The van der Waals surface area contributed by atoms with Gasteiger partial charge in [0.2, 0.25) is 0 Å². The van der Waals surface area contributed by atoms with Crippen molar-refractivity contribution < 1.29 is 14.7 Å². The van der Waals surface area contributed by atoms with Crippen LogP contribution in [0.5, 0.6) is 0 Å². The van der Waals surface area contributed by atoms with Gasteiger partial charge in [-0.1, -0.05) is 13.8 Å². The van der Waals surface area contributed by atoms with Gasteiger partial charge in [-0.15, -0.1) is 0 Å². The molecule has 110 valence electrons. The number of rotatable bonds is 5. The molecule has 1 unspecified atom stereocenters. The normalized spacial score (nSPS) is 18.2. The predicted molar refractivity (Wildman–Crippen MR) is 73.1 cm³/mol. The fourth-order valence-electron chi connectivity index (χ4n) is 2.29. The topological polar surface area (TPSA) is 64.1 Å². The smallest absolute Gasteiger partial charge is 0.319 e. The van der Waals surface area contributed by atoms with Gasteiger partial charge in [0.25, 0.3) is 0 Å². The molecule has 1 rings (SSSR count). The summed E-state index contributed by atoms with van der Waals surface area (Å²) >= 11 is 0. The number of amides is 2. The number of hydrogen-bond acceptors (Lipinski definition) is 3. The lowest BCUT2D eigenvalue weighted by atomic mass is 10.2. The third kappa shape index (κ3) is 4.70. The van der Waals surface area contributed by atoms with Gasteiger partial charge in [0.15, 0.2) is 0 Å². The molecule has 19 heavy (non-hydrogen) atoms. The molecule has 0 aromatic rings. The van der Waals surface area contributed by atoms with Crippen molar-refractivity contribution in [1.82, 2.24) is 14.7 Å². The van der Waals surface area contributed by atoms with Crippen LogP contribution in [0.1, 0.15) is 20.3 Å². The standard InChI is InChI=1S/C13H25N3O3/c1-4-5-15-6-8-16(9-7-15)13(19)14(3)10-11(2)12(17)18/h11H,4-10H2,1-3H3,(H,17,18). The Hall–Kier alpha value is -1.30. The minimum Gasteiger partial charge on any atom is -0.481 e. The molecule has 0 bridgehead atoms. The van der Waals surface area contributed by atoms with Gasteiger partial charge in [-0.05, 0) is 13.0 Å². The highest BCUT2D eigenvalue weighted by molar-refractivity contribution is 5.76. The zero-order valence-electron chi connectivity index (χ0n) is 12.1. The predicted octanol–water partition coefficient (Wildman–Crippen LogP) is 0.786. The van der Waals surface area contributed by atoms with E-state index in [2.05, 4.69) is 11.8 Å². The van der Waals surface area contributed by atoms with E-state index in [0.717, 1.165) is 39.1 Å². The second kappa shape index (κ2) is 7.33. The average molecular weight is 271 g/mol. The second-order valence-electron chi connectivity index (χ2n) is 5.23. The molecule has 0 aromatic heterocycles. The molecule has 1 heterocycles. The number of carbonyl (C=O) groups is 2. The van der Waals surface area contributed by atoms with E-state index >= 15 is 0 Å². The zero-order chi connectivity index (χ0) is 14.4. The van der Waals surface area contributed by atoms with E-state index in [1.165, 1.54) is 4.90 Å². The van der Waals surface area contributed by atoms with E-state index in [4.69, 9.17) is 5.11 Å². The Bertz CT molecular complexity index is 314. The van der Waals surface area contributed by atoms with Crippen LogP contribution in [0.25, 0.3) is 0 Å². The number of hydrogen-bond donors (Lipinski definition) is 1. The van der Waals surface area contributed by atoms with Crippen molar-refractivity contribution in [2.45, 2.75) is 20.3 Å². The van der Waals surface area contributed by atoms with Crippen LogP contribution in [0.2, 0.25) is 0 Å². The monoisotopic (exact) mass is 271 g/mol. The van der Waals surface area contributed by atoms with Crippen LogP contribution >= 0.6 is 0 Å². The maximum Gasteiger partial charge on any atom is 0.319 e. The van der Waals surface area contributed by atoms with E-state index < -0.39 is 11.9 Å². The molecule has 1 fully saturated rings. The molecule has 1 aliphatic heterocycles. The Morgan fingerprint density at radius 1 is 1.26 bits per heavy atom. The van der Waals surface area contributed by atoms with E-state index in [-0.39, 0.29) is 12.6 Å². The highest BCUT2D eigenvalue weighted by atomic mass is 16.4. The summed E-state index contributed by atoms with van der Waals surface area (Å²) in [5, 5.41) is 8.86. The van der Waals surface area contributed by atoms with Crippen molar-refractivity contribution in [3.63, 3.8) is 0 Å². The number of aliphatic carboxylic acids is 1. The third-order valence-corrected chi connectivity index (χ3v) is 3.48. The molecular weight excluding hydrogens is 246 g/mol. The Morgan fingerprint density at radius 2 is 1.84 bits per heavy atom. The molecule has 1 aliphatic rings.